The summed E-state index contributed by atoms with van der Waals surface area (Å²) in [6, 6.07) is 6.60. The van der Waals surface area contributed by atoms with Crippen LogP contribution in [0.4, 0.5) is 0 Å². The van der Waals surface area contributed by atoms with E-state index in [-0.39, 0.29) is 0 Å². The Bertz CT molecular complexity index is 541. The van der Waals surface area contributed by atoms with E-state index in [2.05, 4.69) is 53.8 Å². The predicted octanol–water partition coefficient (Wildman–Crippen LogP) is 2.91. The maximum Gasteiger partial charge on any atom is 0.0997 e. The third-order valence-electron chi connectivity index (χ3n) is 3.36. The normalized spacial score (nSPS) is 10.9. The molecule has 1 aromatic carbocycles. The highest BCUT2D eigenvalue weighted by Gasteiger charge is 2.07. The van der Waals surface area contributed by atoms with Crippen LogP contribution in [-0.2, 0) is 6.54 Å². The smallest absolute Gasteiger partial charge is 0.0997 e. The van der Waals surface area contributed by atoms with E-state index in [0.29, 0.717) is 0 Å². The van der Waals surface area contributed by atoms with E-state index in [1.807, 2.05) is 13.3 Å². The summed E-state index contributed by atoms with van der Waals surface area (Å²) in [5.41, 5.74) is 6.10. The van der Waals surface area contributed by atoms with Gasteiger partial charge >= 0.3 is 0 Å². The van der Waals surface area contributed by atoms with Gasteiger partial charge in [0.05, 0.1) is 12.0 Å². The minimum absolute atomic E-state index is 0.913. The summed E-state index contributed by atoms with van der Waals surface area (Å²) >= 11 is 0. The lowest BCUT2D eigenvalue weighted by molar-refractivity contribution is 0.726. The van der Waals surface area contributed by atoms with Crippen LogP contribution >= 0.6 is 0 Å². The van der Waals surface area contributed by atoms with Crippen molar-refractivity contribution in [1.29, 1.82) is 0 Å². The third-order valence-corrected chi connectivity index (χ3v) is 3.36. The highest BCUT2D eigenvalue weighted by atomic mass is 15.1. The van der Waals surface area contributed by atoms with Crippen molar-refractivity contribution in [3.8, 4) is 5.69 Å². The Kier molecular flexibility index (Phi) is 3.82. The van der Waals surface area contributed by atoms with Gasteiger partial charge in [-0.2, -0.15) is 0 Å². The lowest BCUT2D eigenvalue weighted by Gasteiger charge is -2.12. The molecule has 3 heteroatoms. The molecule has 1 aromatic heterocycles. The van der Waals surface area contributed by atoms with Crippen LogP contribution in [0.15, 0.2) is 24.5 Å². The van der Waals surface area contributed by atoms with Crippen LogP contribution < -0.4 is 5.32 Å². The van der Waals surface area contributed by atoms with Crippen LogP contribution in [-0.4, -0.2) is 16.1 Å². The summed E-state index contributed by atoms with van der Waals surface area (Å²) in [5, 5.41) is 3.36. The van der Waals surface area contributed by atoms with Gasteiger partial charge in [0.2, 0.25) is 0 Å². The van der Waals surface area contributed by atoms with Crippen molar-refractivity contribution >= 4 is 0 Å². The van der Waals surface area contributed by atoms with Gasteiger partial charge in [0.25, 0.3) is 0 Å². The van der Waals surface area contributed by atoms with E-state index in [1.54, 1.807) is 0 Å². The quantitative estimate of drug-likeness (QED) is 0.895. The zero-order valence-corrected chi connectivity index (χ0v) is 11.6. The zero-order chi connectivity index (χ0) is 13.1. The Morgan fingerprint density at radius 3 is 2.61 bits per heavy atom. The molecule has 0 aliphatic heterocycles. The van der Waals surface area contributed by atoms with Gasteiger partial charge in [0.1, 0.15) is 0 Å². The molecule has 3 nitrogen and oxygen atoms in total. The van der Waals surface area contributed by atoms with E-state index < -0.39 is 0 Å². The van der Waals surface area contributed by atoms with Crippen molar-refractivity contribution in [3.05, 3.63) is 47.0 Å². The molecule has 2 rings (SSSR count). The average molecular weight is 243 g/mol. The van der Waals surface area contributed by atoms with Gasteiger partial charge in [-0.1, -0.05) is 19.1 Å². The molecule has 0 saturated heterocycles. The number of rotatable bonds is 4. The number of nitrogens with zero attached hydrogens (tertiary/aromatic N) is 2. The van der Waals surface area contributed by atoms with Crippen LogP contribution in [0.1, 0.15) is 29.4 Å². The van der Waals surface area contributed by atoms with Crippen LogP contribution in [0.25, 0.3) is 5.69 Å². The molecule has 2 aromatic rings. The second-order valence-electron chi connectivity index (χ2n) is 4.69. The fourth-order valence-electron chi connectivity index (χ4n) is 2.04. The Morgan fingerprint density at radius 2 is 2.00 bits per heavy atom. The summed E-state index contributed by atoms with van der Waals surface area (Å²) in [6.45, 7) is 10.3. The van der Waals surface area contributed by atoms with Gasteiger partial charge in [-0.15, -0.1) is 0 Å². The van der Waals surface area contributed by atoms with Crippen LogP contribution in [0, 0.1) is 20.8 Å². The van der Waals surface area contributed by atoms with Gasteiger partial charge in [-0.25, -0.2) is 4.98 Å². The first-order valence-corrected chi connectivity index (χ1v) is 6.44. The Morgan fingerprint density at radius 1 is 1.22 bits per heavy atom. The molecule has 0 aliphatic carbocycles. The van der Waals surface area contributed by atoms with Crippen molar-refractivity contribution < 1.29 is 0 Å². The lowest BCUT2D eigenvalue weighted by Crippen LogP contribution is -2.12. The largest absolute Gasteiger partial charge is 0.313 e. The fourth-order valence-corrected chi connectivity index (χ4v) is 2.04. The monoisotopic (exact) mass is 243 g/mol. The molecule has 0 radical (unpaired) electrons. The molecule has 0 bridgehead atoms. The molecule has 96 valence electrons. The minimum Gasteiger partial charge on any atom is -0.313 e. The maximum atomic E-state index is 4.37. The standard InChI is InChI=1S/C15H21N3/c1-5-16-9-14-7-6-11(2)15(8-14)18-10-17-12(3)13(18)4/h6-8,10,16H,5,9H2,1-4H3. The number of imidazole rings is 1. The van der Waals surface area contributed by atoms with Crippen molar-refractivity contribution in [3.63, 3.8) is 0 Å². The predicted molar refractivity (Wildman–Crippen MR) is 75.2 cm³/mol. The number of nitrogens with one attached hydrogen (secondary N) is 1. The zero-order valence-electron chi connectivity index (χ0n) is 11.6. The van der Waals surface area contributed by atoms with Crippen molar-refractivity contribution in [2.75, 3.05) is 6.54 Å². The third kappa shape index (κ3) is 2.46. The van der Waals surface area contributed by atoms with Gasteiger partial charge in [-0.05, 0) is 44.5 Å². The first-order valence-electron chi connectivity index (χ1n) is 6.44. The Balaban J connectivity index is 2.40. The average Bonchev–Trinajstić information content (AvgIpc) is 2.69. The van der Waals surface area contributed by atoms with Crippen molar-refractivity contribution in [1.82, 2.24) is 14.9 Å². The molecule has 1 N–H and O–H groups in total. The van der Waals surface area contributed by atoms with Gasteiger partial charge in [0.15, 0.2) is 0 Å². The lowest BCUT2D eigenvalue weighted by atomic mass is 10.1. The second kappa shape index (κ2) is 5.36. The molecule has 0 saturated carbocycles. The number of benzene rings is 1. The molecular weight excluding hydrogens is 222 g/mol. The first kappa shape index (κ1) is 12.8. The molecule has 1 heterocycles. The fraction of sp³-hybridized carbons (Fsp3) is 0.400. The summed E-state index contributed by atoms with van der Waals surface area (Å²) in [6.07, 6.45) is 1.91. The molecule has 0 amide bonds. The van der Waals surface area contributed by atoms with Gasteiger partial charge in [0, 0.05) is 17.9 Å². The highest BCUT2D eigenvalue weighted by Crippen LogP contribution is 2.19. The molecule has 0 spiro atoms. The summed E-state index contributed by atoms with van der Waals surface area (Å²) in [5.74, 6) is 0. The SMILES string of the molecule is CCNCc1ccc(C)c(-n2cnc(C)c2C)c1. The van der Waals surface area contributed by atoms with Crippen molar-refractivity contribution in [2.24, 2.45) is 0 Å². The summed E-state index contributed by atoms with van der Waals surface area (Å²) < 4.78 is 2.17. The molecule has 0 atom stereocenters. The number of hydrogen-bond donors (Lipinski definition) is 1. The minimum atomic E-state index is 0.913. The topological polar surface area (TPSA) is 29.9 Å². The van der Waals surface area contributed by atoms with Gasteiger partial charge in [-0.3, -0.25) is 0 Å². The Labute approximate surface area is 109 Å². The van der Waals surface area contributed by atoms with E-state index >= 15 is 0 Å². The number of hydrogen-bond acceptors (Lipinski definition) is 2. The first-order chi connectivity index (χ1) is 8.63. The van der Waals surface area contributed by atoms with Crippen LogP contribution in [0.2, 0.25) is 0 Å². The van der Waals surface area contributed by atoms with E-state index in [1.165, 1.54) is 22.5 Å². The van der Waals surface area contributed by atoms with Crippen LogP contribution in [0.3, 0.4) is 0 Å². The van der Waals surface area contributed by atoms with Crippen LogP contribution in [0.5, 0.6) is 0 Å². The highest BCUT2D eigenvalue weighted by molar-refractivity contribution is 5.45. The van der Waals surface area contributed by atoms with Crippen molar-refractivity contribution in [2.45, 2.75) is 34.2 Å². The van der Waals surface area contributed by atoms with E-state index in [0.717, 1.165) is 18.8 Å². The second-order valence-corrected chi connectivity index (χ2v) is 4.69. The number of aromatic nitrogens is 2. The summed E-state index contributed by atoms with van der Waals surface area (Å²) in [7, 11) is 0. The summed E-state index contributed by atoms with van der Waals surface area (Å²) in [4.78, 5) is 4.37. The maximum absolute atomic E-state index is 4.37. The molecule has 0 fully saturated rings. The van der Waals surface area contributed by atoms with Gasteiger partial charge < -0.3 is 9.88 Å². The molecular formula is C15H21N3. The molecule has 0 unspecified atom stereocenters. The molecule has 0 aliphatic rings. The molecule has 18 heavy (non-hydrogen) atoms. The number of aryl methyl sites for hydroxylation is 2. The Hall–Kier alpha value is -1.61. The van der Waals surface area contributed by atoms with E-state index in [9.17, 15) is 0 Å². The van der Waals surface area contributed by atoms with E-state index in [4.69, 9.17) is 0 Å².